The second kappa shape index (κ2) is 5.84. The maximum absolute atomic E-state index is 6.46. The van der Waals surface area contributed by atoms with Crippen LogP contribution in [0.4, 0.5) is 0 Å². The van der Waals surface area contributed by atoms with Gasteiger partial charge >= 0.3 is 0 Å². The van der Waals surface area contributed by atoms with Crippen molar-refractivity contribution >= 4 is 0 Å². The van der Waals surface area contributed by atoms with Gasteiger partial charge in [0, 0.05) is 25.2 Å². The van der Waals surface area contributed by atoms with E-state index in [0.29, 0.717) is 12.1 Å². The van der Waals surface area contributed by atoms with Gasteiger partial charge in [0.2, 0.25) is 0 Å². The molecule has 3 nitrogen and oxygen atoms in total. The van der Waals surface area contributed by atoms with Gasteiger partial charge in [-0.25, -0.2) is 0 Å². The zero-order valence-electron chi connectivity index (χ0n) is 12.6. The molecule has 0 bridgehead atoms. The summed E-state index contributed by atoms with van der Waals surface area (Å²) in [6.07, 6.45) is 4.24. The number of aryl methyl sites for hydroxylation is 2. The second-order valence-electron chi connectivity index (χ2n) is 6.43. The minimum atomic E-state index is 0.105. The number of ether oxygens (including phenoxy) is 1. The Morgan fingerprint density at radius 1 is 1.25 bits per heavy atom. The Balaban J connectivity index is 1.70. The highest BCUT2D eigenvalue weighted by Gasteiger charge is 2.36. The molecule has 3 heteroatoms. The zero-order chi connectivity index (χ0) is 14.1. The molecule has 2 aliphatic rings. The maximum atomic E-state index is 6.46. The highest BCUT2D eigenvalue weighted by Crippen LogP contribution is 2.30. The minimum Gasteiger partial charge on any atom is -0.375 e. The largest absolute Gasteiger partial charge is 0.375 e. The van der Waals surface area contributed by atoms with Crippen LogP contribution in [0.25, 0.3) is 0 Å². The van der Waals surface area contributed by atoms with Crippen LogP contribution in [0, 0.1) is 13.8 Å². The molecule has 1 aromatic carbocycles. The smallest absolute Gasteiger partial charge is 0.0730 e. The lowest BCUT2D eigenvalue weighted by molar-refractivity contribution is -0.0571. The summed E-state index contributed by atoms with van der Waals surface area (Å²) < 4.78 is 5.88. The molecule has 1 saturated carbocycles. The van der Waals surface area contributed by atoms with E-state index < -0.39 is 0 Å². The van der Waals surface area contributed by atoms with Crippen LogP contribution in [-0.4, -0.2) is 36.7 Å². The standard InChI is InChI=1S/C17H26N2O/c1-12-8-13(2)10-14(9-12)15(18)11-19-6-7-20-17-5-3-4-16(17)19/h8-10,15-17H,3-7,11,18H2,1-2H3. The molecular formula is C17H26N2O. The molecular weight excluding hydrogens is 248 g/mol. The average molecular weight is 274 g/mol. The van der Waals surface area contributed by atoms with Crippen molar-refractivity contribution in [3.8, 4) is 0 Å². The summed E-state index contributed by atoms with van der Waals surface area (Å²) in [4.78, 5) is 2.56. The van der Waals surface area contributed by atoms with Crippen LogP contribution in [0.2, 0.25) is 0 Å². The van der Waals surface area contributed by atoms with Crippen LogP contribution in [0.3, 0.4) is 0 Å². The van der Waals surface area contributed by atoms with Gasteiger partial charge in [-0.05, 0) is 38.7 Å². The van der Waals surface area contributed by atoms with Crippen molar-refractivity contribution in [2.24, 2.45) is 5.73 Å². The third kappa shape index (κ3) is 2.90. The summed E-state index contributed by atoms with van der Waals surface area (Å²) in [7, 11) is 0. The second-order valence-corrected chi connectivity index (χ2v) is 6.43. The predicted molar refractivity (Wildman–Crippen MR) is 81.8 cm³/mol. The van der Waals surface area contributed by atoms with Crippen molar-refractivity contribution in [3.63, 3.8) is 0 Å². The van der Waals surface area contributed by atoms with Gasteiger partial charge in [-0.3, -0.25) is 4.90 Å². The Kier molecular flexibility index (Phi) is 4.11. The topological polar surface area (TPSA) is 38.5 Å². The summed E-state index contributed by atoms with van der Waals surface area (Å²) >= 11 is 0. The van der Waals surface area contributed by atoms with E-state index in [1.54, 1.807) is 0 Å². The van der Waals surface area contributed by atoms with E-state index in [9.17, 15) is 0 Å². The summed E-state index contributed by atoms with van der Waals surface area (Å²) in [5.74, 6) is 0. The van der Waals surface area contributed by atoms with Crippen molar-refractivity contribution in [3.05, 3.63) is 34.9 Å². The normalized spacial score (nSPS) is 28.4. The number of rotatable bonds is 3. The van der Waals surface area contributed by atoms with E-state index in [1.165, 1.54) is 36.0 Å². The first-order valence-corrected chi connectivity index (χ1v) is 7.83. The summed E-state index contributed by atoms with van der Waals surface area (Å²) in [5, 5.41) is 0. The first kappa shape index (κ1) is 14.1. The summed E-state index contributed by atoms with van der Waals surface area (Å²) in [6.45, 7) is 7.13. The lowest BCUT2D eigenvalue weighted by atomic mass is 10.0. The van der Waals surface area contributed by atoms with Crippen LogP contribution in [0.15, 0.2) is 18.2 Å². The fraction of sp³-hybridized carbons (Fsp3) is 0.647. The Bertz CT molecular complexity index is 454. The van der Waals surface area contributed by atoms with Crippen molar-refractivity contribution in [2.45, 2.75) is 51.3 Å². The summed E-state index contributed by atoms with van der Waals surface area (Å²) in [5.41, 5.74) is 10.3. The first-order chi connectivity index (χ1) is 9.63. The number of nitrogens with two attached hydrogens (primary N) is 1. The molecule has 20 heavy (non-hydrogen) atoms. The SMILES string of the molecule is Cc1cc(C)cc(C(N)CN2CCOC3CCCC32)c1. The monoisotopic (exact) mass is 274 g/mol. The highest BCUT2D eigenvalue weighted by atomic mass is 16.5. The molecule has 0 spiro atoms. The van der Waals surface area contributed by atoms with Crippen LogP contribution in [-0.2, 0) is 4.74 Å². The van der Waals surface area contributed by atoms with Crippen molar-refractivity contribution in [2.75, 3.05) is 19.7 Å². The molecule has 2 fully saturated rings. The molecule has 110 valence electrons. The third-order valence-corrected chi connectivity index (χ3v) is 4.70. The van der Waals surface area contributed by atoms with Gasteiger partial charge in [0.1, 0.15) is 0 Å². The van der Waals surface area contributed by atoms with Crippen molar-refractivity contribution < 1.29 is 4.74 Å². The molecule has 1 aliphatic heterocycles. The lowest BCUT2D eigenvalue weighted by Crippen LogP contribution is -2.50. The third-order valence-electron chi connectivity index (χ3n) is 4.70. The number of benzene rings is 1. The van der Waals surface area contributed by atoms with E-state index in [1.807, 2.05) is 0 Å². The Labute approximate surface area is 122 Å². The van der Waals surface area contributed by atoms with Gasteiger partial charge in [-0.2, -0.15) is 0 Å². The molecule has 3 rings (SSSR count). The molecule has 1 heterocycles. The molecule has 3 unspecified atom stereocenters. The Hall–Kier alpha value is -0.900. The molecule has 1 aliphatic carbocycles. The predicted octanol–water partition coefficient (Wildman–Crippen LogP) is 2.56. The lowest BCUT2D eigenvalue weighted by Gasteiger charge is -2.39. The number of nitrogens with zero attached hydrogens (tertiary/aromatic N) is 1. The number of hydrogen-bond acceptors (Lipinski definition) is 3. The number of morpholine rings is 1. The zero-order valence-corrected chi connectivity index (χ0v) is 12.6. The number of fused-ring (bicyclic) bond motifs is 1. The molecule has 2 N–H and O–H groups in total. The first-order valence-electron chi connectivity index (χ1n) is 7.83. The molecule has 3 atom stereocenters. The fourth-order valence-corrected chi connectivity index (χ4v) is 3.81. The highest BCUT2D eigenvalue weighted by molar-refractivity contribution is 5.30. The van der Waals surface area contributed by atoms with Gasteiger partial charge < -0.3 is 10.5 Å². The van der Waals surface area contributed by atoms with E-state index in [-0.39, 0.29) is 6.04 Å². The van der Waals surface area contributed by atoms with Crippen LogP contribution in [0.1, 0.15) is 42.0 Å². The van der Waals surface area contributed by atoms with Gasteiger partial charge in [-0.15, -0.1) is 0 Å². The van der Waals surface area contributed by atoms with Crippen molar-refractivity contribution in [1.29, 1.82) is 0 Å². The molecule has 0 amide bonds. The Morgan fingerprint density at radius 2 is 2.00 bits per heavy atom. The van der Waals surface area contributed by atoms with E-state index in [0.717, 1.165) is 19.7 Å². The van der Waals surface area contributed by atoms with Crippen LogP contribution >= 0.6 is 0 Å². The summed E-state index contributed by atoms with van der Waals surface area (Å²) in [6, 6.07) is 7.36. The average Bonchev–Trinajstić information content (AvgIpc) is 2.87. The molecule has 0 aromatic heterocycles. The fourth-order valence-electron chi connectivity index (χ4n) is 3.81. The molecule has 1 aromatic rings. The van der Waals surface area contributed by atoms with E-state index >= 15 is 0 Å². The van der Waals surface area contributed by atoms with Gasteiger partial charge in [0.05, 0.1) is 12.7 Å². The van der Waals surface area contributed by atoms with Crippen LogP contribution < -0.4 is 5.73 Å². The van der Waals surface area contributed by atoms with Gasteiger partial charge in [0.25, 0.3) is 0 Å². The quantitative estimate of drug-likeness (QED) is 0.920. The van der Waals surface area contributed by atoms with E-state index in [4.69, 9.17) is 10.5 Å². The van der Waals surface area contributed by atoms with Gasteiger partial charge in [0.15, 0.2) is 0 Å². The Morgan fingerprint density at radius 3 is 2.75 bits per heavy atom. The van der Waals surface area contributed by atoms with Gasteiger partial charge in [-0.1, -0.05) is 29.3 Å². The number of hydrogen-bond donors (Lipinski definition) is 1. The van der Waals surface area contributed by atoms with Crippen molar-refractivity contribution in [1.82, 2.24) is 4.90 Å². The van der Waals surface area contributed by atoms with E-state index in [2.05, 4.69) is 36.9 Å². The molecule has 0 radical (unpaired) electrons. The van der Waals surface area contributed by atoms with Crippen LogP contribution in [0.5, 0.6) is 0 Å². The minimum absolute atomic E-state index is 0.105. The maximum Gasteiger partial charge on any atom is 0.0730 e. The molecule has 1 saturated heterocycles.